The average molecular weight is 243 g/mol. The summed E-state index contributed by atoms with van der Waals surface area (Å²) in [7, 11) is 0. The van der Waals surface area contributed by atoms with Crippen molar-refractivity contribution in [3.63, 3.8) is 0 Å². The van der Waals surface area contributed by atoms with Crippen molar-refractivity contribution in [3.05, 3.63) is 34.9 Å². The zero-order chi connectivity index (χ0) is 12.6. The Morgan fingerprint density at radius 2 is 2.00 bits per heavy atom. The number of aryl methyl sites for hydroxylation is 2. The molecule has 1 fully saturated rings. The Kier molecular flexibility index (Phi) is 3.19. The van der Waals surface area contributed by atoms with Gasteiger partial charge in [0.05, 0.1) is 0 Å². The molecule has 1 nitrogen and oxygen atoms in total. The number of benzene rings is 1. The van der Waals surface area contributed by atoms with E-state index < -0.39 is 0 Å². The van der Waals surface area contributed by atoms with E-state index >= 15 is 0 Å². The van der Waals surface area contributed by atoms with Crippen LogP contribution < -0.4 is 5.32 Å². The van der Waals surface area contributed by atoms with Gasteiger partial charge in [-0.1, -0.05) is 32.0 Å². The van der Waals surface area contributed by atoms with E-state index in [-0.39, 0.29) is 0 Å². The molecule has 0 saturated carbocycles. The molecule has 1 aliphatic carbocycles. The second kappa shape index (κ2) is 4.70. The highest BCUT2D eigenvalue weighted by atomic mass is 15.0. The molecule has 98 valence electrons. The molecular formula is C17H25N. The van der Waals surface area contributed by atoms with Crippen molar-refractivity contribution in [1.29, 1.82) is 0 Å². The lowest BCUT2D eigenvalue weighted by Crippen LogP contribution is -2.46. The number of rotatable bonds is 3. The van der Waals surface area contributed by atoms with Crippen LogP contribution >= 0.6 is 0 Å². The highest BCUT2D eigenvalue weighted by Crippen LogP contribution is 2.32. The van der Waals surface area contributed by atoms with Crippen LogP contribution in [0.1, 0.15) is 49.8 Å². The van der Waals surface area contributed by atoms with Crippen LogP contribution in [0.3, 0.4) is 0 Å². The number of hydrogen-bond acceptors (Lipinski definition) is 1. The third-order valence-corrected chi connectivity index (χ3v) is 5.06. The van der Waals surface area contributed by atoms with Crippen molar-refractivity contribution in [2.45, 2.75) is 57.9 Å². The van der Waals surface area contributed by atoms with Crippen molar-refractivity contribution in [3.8, 4) is 0 Å². The minimum Gasteiger partial charge on any atom is -0.311 e. The summed E-state index contributed by atoms with van der Waals surface area (Å²) in [4.78, 5) is 0. The first-order chi connectivity index (χ1) is 8.70. The third kappa shape index (κ3) is 2.09. The van der Waals surface area contributed by atoms with Gasteiger partial charge in [-0.3, -0.25) is 0 Å². The molecule has 2 aliphatic rings. The van der Waals surface area contributed by atoms with Crippen LogP contribution in [0.5, 0.6) is 0 Å². The van der Waals surface area contributed by atoms with Crippen LogP contribution in [-0.2, 0) is 19.3 Å². The molecule has 1 aromatic rings. The zero-order valence-corrected chi connectivity index (χ0v) is 11.8. The lowest BCUT2D eigenvalue weighted by Gasteiger charge is -2.34. The second-order valence-electron chi connectivity index (χ2n) is 6.47. The monoisotopic (exact) mass is 243 g/mol. The van der Waals surface area contributed by atoms with Gasteiger partial charge in [0, 0.05) is 5.54 Å². The maximum Gasteiger partial charge on any atom is 0.0245 e. The molecule has 18 heavy (non-hydrogen) atoms. The summed E-state index contributed by atoms with van der Waals surface area (Å²) < 4.78 is 0. The first-order valence-electron chi connectivity index (χ1n) is 7.55. The molecule has 0 spiro atoms. The Morgan fingerprint density at radius 1 is 1.17 bits per heavy atom. The summed E-state index contributed by atoms with van der Waals surface area (Å²) in [5.74, 6) is 0.716. The molecule has 1 atom stereocenters. The second-order valence-corrected chi connectivity index (χ2v) is 6.47. The topological polar surface area (TPSA) is 12.0 Å². The van der Waals surface area contributed by atoms with Gasteiger partial charge in [-0.05, 0) is 67.7 Å². The summed E-state index contributed by atoms with van der Waals surface area (Å²) >= 11 is 0. The van der Waals surface area contributed by atoms with Gasteiger partial charge < -0.3 is 5.32 Å². The molecule has 1 heterocycles. The minimum atomic E-state index is 0.354. The van der Waals surface area contributed by atoms with Crippen LogP contribution in [-0.4, -0.2) is 12.1 Å². The smallest absolute Gasteiger partial charge is 0.0245 e. The lowest BCUT2D eigenvalue weighted by molar-refractivity contribution is 0.269. The van der Waals surface area contributed by atoms with Crippen molar-refractivity contribution in [2.24, 2.45) is 5.92 Å². The van der Waals surface area contributed by atoms with Crippen molar-refractivity contribution in [2.75, 3.05) is 6.54 Å². The molecule has 0 bridgehead atoms. The van der Waals surface area contributed by atoms with Crippen LogP contribution in [0.4, 0.5) is 0 Å². The number of nitrogens with one attached hydrogen (secondary N) is 1. The van der Waals surface area contributed by atoms with Gasteiger partial charge in [0.25, 0.3) is 0 Å². The third-order valence-electron chi connectivity index (χ3n) is 5.06. The summed E-state index contributed by atoms with van der Waals surface area (Å²) in [5, 5.41) is 3.79. The van der Waals surface area contributed by atoms with E-state index in [9.17, 15) is 0 Å². The Labute approximate surface area is 111 Å². The summed E-state index contributed by atoms with van der Waals surface area (Å²) in [6.07, 6.45) is 7.82. The average Bonchev–Trinajstić information content (AvgIpc) is 2.97. The fourth-order valence-electron chi connectivity index (χ4n) is 3.78. The highest BCUT2D eigenvalue weighted by Gasteiger charge is 2.36. The maximum absolute atomic E-state index is 3.79. The first kappa shape index (κ1) is 12.2. The summed E-state index contributed by atoms with van der Waals surface area (Å²) in [6, 6.07) is 7.22. The fraction of sp³-hybridized carbons (Fsp3) is 0.647. The molecule has 1 saturated heterocycles. The number of hydrogen-bond donors (Lipinski definition) is 1. The summed E-state index contributed by atoms with van der Waals surface area (Å²) in [5.41, 5.74) is 5.10. The van der Waals surface area contributed by atoms with Crippen LogP contribution in [0.15, 0.2) is 18.2 Å². The normalized spacial score (nSPS) is 26.8. The first-order valence-corrected chi connectivity index (χ1v) is 7.55. The minimum absolute atomic E-state index is 0.354. The molecule has 0 aromatic heterocycles. The van der Waals surface area contributed by atoms with Crippen molar-refractivity contribution in [1.82, 2.24) is 5.32 Å². The number of fused-ring (bicyclic) bond motifs is 1. The predicted molar refractivity (Wildman–Crippen MR) is 77.0 cm³/mol. The standard InChI is InChI=1S/C17H25N/c1-13(2)17(9-4-10-18-17)12-14-7-8-15-5-3-6-16(15)11-14/h7-8,11,13,18H,3-6,9-10,12H2,1-2H3. The molecule has 1 aliphatic heterocycles. The van der Waals surface area contributed by atoms with E-state index in [2.05, 4.69) is 37.4 Å². The molecule has 1 heteroatoms. The fourth-order valence-corrected chi connectivity index (χ4v) is 3.78. The van der Waals surface area contributed by atoms with E-state index in [4.69, 9.17) is 0 Å². The van der Waals surface area contributed by atoms with E-state index in [0.717, 1.165) is 0 Å². The van der Waals surface area contributed by atoms with Gasteiger partial charge in [-0.25, -0.2) is 0 Å². The van der Waals surface area contributed by atoms with E-state index in [1.807, 2.05) is 0 Å². The molecule has 1 unspecified atom stereocenters. The quantitative estimate of drug-likeness (QED) is 0.857. The van der Waals surface area contributed by atoms with Gasteiger partial charge >= 0.3 is 0 Å². The van der Waals surface area contributed by atoms with Crippen LogP contribution in [0.2, 0.25) is 0 Å². The Morgan fingerprint density at radius 3 is 2.72 bits per heavy atom. The largest absolute Gasteiger partial charge is 0.311 e. The van der Waals surface area contributed by atoms with Gasteiger partial charge in [-0.15, -0.1) is 0 Å². The molecule has 1 N–H and O–H groups in total. The Hall–Kier alpha value is -0.820. The highest BCUT2D eigenvalue weighted by molar-refractivity contribution is 5.36. The van der Waals surface area contributed by atoms with Crippen LogP contribution in [0.25, 0.3) is 0 Å². The summed E-state index contributed by atoms with van der Waals surface area (Å²) in [6.45, 7) is 5.93. The molecule has 0 radical (unpaired) electrons. The molecule has 3 rings (SSSR count). The van der Waals surface area contributed by atoms with Gasteiger partial charge in [-0.2, -0.15) is 0 Å². The van der Waals surface area contributed by atoms with Gasteiger partial charge in [0.1, 0.15) is 0 Å². The van der Waals surface area contributed by atoms with E-state index in [1.54, 1.807) is 16.7 Å². The zero-order valence-electron chi connectivity index (χ0n) is 11.8. The van der Waals surface area contributed by atoms with E-state index in [0.29, 0.717) is 11.5 Å². The van der Waals surface area contributed by atoms with Gasteiger partial charge in [0.2, 0.25) is 0 Å². The van der Waals surface area contributed by atoms with Crippen molar-refractivity contribution >= 4 is 0 Å². The molecule has 1 aromatic carbocycles. The maximum atomic E-state index is 3.79. The van der Waals surface area contributed by atoms with Crippen LogP contribution in [0, 0.1) is 5.92 Å². The Bertz CT molecular complexity index is 427. The molecule has 0 amide bonds. The van der Waals surface area contributed by atoms with Gasteiger partial charge in [0.15, 0.2) is 0 Å². The molecular weight excluding hydrogens is 218 g/mol. The predicted octanol–water partition coefficient (Wildman–Crippen LogP) is 3.50. The SMILES string of the molecule is CC(C)C1(Cc2ccc3c(c2)CCC3)CCCN1. The lowest BCUT2D eigenvalue weighted by atomic mass is 9.79. The van der Waals surface area contributed by atoms with E-state index in [1.165, 1.54) is 45.1 Å². The Balaban J connectivity index is 1.83. The van der Waals surface area contributed by atoms with Crippen molar-refractivity contribution < 1.29 is 0 Å².